The molecule has 1 aromatic heterocycles. The first-order valence-corrected chi connectivity index (χ1v) is 7.46. The number of halogens is 2. The van der Waals surface area contributed by atoms with Crippen LogP contribution in [0.5, 0.6) is 0 Å². The fourth-order valence-corrected chi connectivity index (χ4v) is 2.80. The standard InChI is InChI=1S/C17H13Cl2N3/c1-10-4-2-3-5-12(10)15-9-16(22-17(20)21-15)13-7-6-11(18)8-14(13)19/h2-9H,1H3,(H2,20,21,22). The minimum absolute atomic E-state index is 0.210. The van der Waals surface area contributed by atoms with Gasteiger partial charge in [-0.15, -0.1) is 0 Å². The molecule has 0 amide bonds. The molecule has 0 unspecified atom stereocenters. The van der Waals surface area contributed by atoms with Crippen molar-refractivity contribution in [3.63, 3.8) is 0 Å². The zero-order valence-electron chi connectivity index (χ0n) is 11.8. The van der Waals surface area contributed by atoms with Crippen LogP contribution in [0.25, 0.3) is 22.5 Å². The molecule has 2 aromatic carbocycles. The average molecular weight is 330 g/mol. The summed E-state index contributed by atoms with van der Waals surface area (Å²) in [7, 11) is 0. The Bertz CT molecular complexity index is 847. The molecule has 3 aromatic rings. The van der Waals surface area contributed by atoms with Crippen molar-refractivity contribution in [2.24, 2.45) is 0 Å². The van der Waals surface area contributed by atoms with Crippen LogP contribution in [0.3, 0.4) is 0 Å². The lowest BCUT2D eigenvalue weighted by Crippen LogP contribution is -1.99. The van der Waals surface area contributed by atoms with E-state index in [0.29, 0.717) is 15.7 Å². The van der Waals surface area contributed by atoms with Crippen molar-refractivity contribution < 1.29 is 0 Å². The van der Waals surface area contributed by atoms with E-state index in [0.717, 1.165) is 22.4 Å². The summed E-state index contributed by atoms with van der Waals surface area (Å²) >= 11 is 12.2. The Morgan fingerprint density at radius 3 is 2.23 bits per heavy atom. The summed E-state index contributed by atoms with van der Waals surface area (Å²) in [6.07, 6.45) is 0. The van der Waals surface area contributed by atoms with Gasteiger partial charge in [-0.3, -0.25) is 0 Å². The number of nitrogen functional groups attached to an aromatic ring is 1. The molecule has 0 aliphatic rings. The number of anilines is 1. The second kappa shape index (κ2) is 5.95. The number of benzene rings is 2. The molecule has 0 radical (unpaired) electrons. The van der Waals surface area contributed by atoms with Crippen LogP contribution in [0.15, 0.2) is 48.5 Å². The van der Waals surface area contributed by atoms with Gasteiger partial charge in [-0.25, -0.2) is 9.97 Å². The van der Waals surface area contributed by atoms with Crippen molar-refractivity contribution in [3.8, 4) is 22.5 Å². The van der Waals surface area contributed by atoms with Gasteiger partial charge in [-0.2, -0.15) is 0 Å². The summed E-state index contributed by atoms with van der Waals surface area (Å²) < 4.78 is 0. The highest BCUT2D eigenvalue weighted by Crippen LogP contribution is 2.32. The van der Waals surface area contributed by atoms with Gasteiger partial charge in [0.15, 0.2) is 0 Å². The fraction of sp³-hybridized carbons (Fsp3) is 0.0588. The summed E-state index contributed by atoms with van der Waals surface area (Å²) in [5, 5.41) is 1.11. The summed E-state index contributed by atoms with van der Waals surface area (Å²) in [5.74, 6) is 0.210. The van der Waals surface area contributed by atoms with Crippen LogP contribution < -0.4 is 5.73 Å². The first kappa shape index (κ1) is 14.8. The number of rotatable bonds is 2. The van der Waals surface area contributed by atoms with Gasteiger partial charge in [0, 0.05) is 16.1 Å². The van der Waals surface area contributed by atoms with E-state index in [9.17, 15) is 0 Å². The van der Waals surface area contributed by atoms with E-state index in [1.165, 1.54) is 0 Å². The van der Waals surface area contributed by atoms with Crippen molar-refractivity contribution in [2.75, 3.05) is 5.73 Å². The van der Waals surface area contributed by atoms with Crippen molar-refractivity contribution in [1.29, 1.82) is 0 Å². The van der Waals surface area contributed by atoms with Crippen molar-refractivity contribution >= 4 is 29.2 Å². The highest BCUT2D eigenvalue weighted by Gasteiger charge is 2.11. The molecule has 0 fully saturated rings. The van der Waals surface area contributed by atoms with Gasteiger partial charge in [-0.1, -0.05) is 47.5 Å². The molecule has 0 spiro atoms. The average Bonchev–Trinajstić information content (AvgIpc) is 2.47. The molecule has 0 bridgehead atoms. The maximum atomic E-state index is 6.26. The summed E-state index contributed by atoms with van der Waals surface area (Å²) in [6, 6.07) is 15.2. The number of nitrogens with two attached hydrogens (primary N) is 1. The Morgan fingerprint density at radius 2 is 1.55 bits per heavy atom. The lowest BCUT2D eigenvalue weighted by molar-refractivity contribution is 1.19. The molecule has 0 saturated carbocycles. The highest BCUT2D eigenvalue weighted by molar-refractivity contribution is 6.36. The largest absolute Gasteiger partial charge is 0.368 e. The normalized spacial score (nSPS) is 10.7. The Kier molecular flexibility index (Phi) is 4.01. The summed E-state index contributed by atoms with van der Waals surface area (Å²) in [4.78, 5) is 8.62. The van der Waals surface area contributed by atoms with E-state index in [2.05, 4.69) is 9.97 Å². The third-order valence-electron chi connectivity index (χ3n) is 3.37. The fourth-order valence-electron chi connectivity index (χ4n) is 2.30. The molecular weight excluding hydrogens is 317 g/mol. The predicted octanol–water partition coefficient (Wildman–Crippen LogP) is 5.01. The van der Waals surface area contributed by atoms with E-state index >= 15 is 0 Å². The Labute approximate surface area is 138 Å². The third-order valence-corrected chi connectivity index (χ3v) is 3.92. The molecule has 110 valence electrons. The lowest BCUT2D eigenvalue weighted by atomic mass is 10.0. The number of hydrogen-bond donors (Lipinski definition) is 1. The van der Waals surface area contributed by atoms with Crippen LogP contribution in [0.4, 0.5) is 5.95 Å². The molecule has 0 saturated heterocycles. The first-order valence-electron chi connectivity index (χ1n) is 6.70. The van der Waals surface area contributed by atoms with E-state index in [-0.39, 0.29) is 5.95 Å². The quantitative estimate of drug-likeness (QED) is 0.719. The van der Waals surface area contributed by atoms with E-state index < -0.39 is 0 Å². The topological polar surface area (TPSA) is 51.8 Å². The maximum absolute atomic E-state index is 6.26. The van der Waals surface area contributed by atoms with Crippen LogP contribution in [0, 0.1) is 6.92 Å². The molecule has 0 atom stereocenters. The molecule has 1 heterocycles. The minimum Gasteiger partial charge on any atom is -0.368 e. The Hall–Kier alpha value is -2.10. The van der Waals surface area contributed by atoms with Crippen molar-refractivity contribution in [3.05, 3.63) is 64.1 Å². The molecule has 3 rings (SSSR count). The lowest BCUT2D eigenvalue weighted by Gasteiger charge is -2.09. The number of hydrogen-bond acceptors (Lipinski definition) is 3. The number of aromatic nitrogens is 2. The zero-order chi connectivity index (χ0) is 15.7. The zero-order valence-corrected chi connectivity index (χ0v) is 13.4. The SMILES string of the molecule is Cc1ccccc1-c1cc(-c2ccc(Cl)cc2Cl)nc(N)n1. The van der Waals surface area contributed by atoms with Gasteiger partial charge in [-0.05, 0) is 36.8 Å². The summed E-state index contributed by atoms with van der Waals surface area (Å²) in [6.45, 7) is 2.03. The van der Waals surface area contributed by atoms with E-state index in [1.54, 1.807) is 12.1 Å². The van der Waals surface area contributed by atoms with Crippen molar-refractivity contribution in [1.82, 2.24) is 9.97 Å². The predicted molar refractivity (Wildman–Crippen MR) is 92.1 cm³/mol. The van der Waals surface area contributed by atoms with Gasteiger partial charge in [0.2, 0.25) is 5.95 Å². The van der Waals surface area contributed by atoms with Gasteiger partial charge >= 0.3 is 0 Å². The molecule has 5 heteroatoms. The maximum Gasteiger partial charge on any atom is 0.221 e. The molecule has 0 aliphatic carbocycles. The second-order valence-electron chi connectivity index (χ2n) is 4.94. The van der Waals surface area contributed by atoms with Crippen LogP contribution in [-0.4, -0.2) is 9.97 Å². The van der Waals surface area contributed by atoms with Gasteiger partial charge in [0.05, 0.1) is 16.4 Å². The number of nitrogens with zero attached hydrogens (tertiary/aromatic N) is 2. The third kappa shape index (κ3) is 2.91. The van der Waals surface area contributed by atoms with E-state index in [4.69, 9.17) is 28.9 Å². The first-order chi connectivity index (χ1) is 10.5. The highest BCUT2D eigenvalue weighted by atomic mass is 35.5. The molecular formula is C17H13Cl2N3. The smallest absolute Gasteiger partial charge is 0.221 e. The van der Waals surface area contributed by atoms with Gasteiger partial charge in [0.25, 0.3) is 0 Å². The van der Waals surface area contributed by atoms with Crippen LogP contribution >= 0.6 is 23.2 Å². The van der Waals surface area contributed by atoms with Crippen LogP contribution in [-0.2, 0) is 0 Å². The molecule has 3 nitrogen and oxygen atoms in total. The Morgan fingerprint density at radius 1 is 0.864 bits per heavy atom. The second-order valence-corrected chi connectivity index (χ2v) is 5.78. The molecule has 2 N–H and O–H groups in total. The van der Waals surface area contributed by atoms with Crippen LogP contribution in [0.1, 0.15) is 5.56 Å². The monoisotopic (exact) mass is 329 g/mol. The summed E-state index contributed by atoms with van der Waals surface area (Å²) in [5.41, 5.74) is 10.2. The number of aryl methyl sites for hydroxylation is 1. The van der Waals surface area contributed by atoms with Gasteiger partial charge in [0.1, 0.15) is 0 Å². The van der Waals surface area contributed by atoms with E-state index in [1.807, 2.05) is 43.3 Å². The minimum atomic E-state index is 0.210. The van der Waals surface area contributed by atoms with Gasteiger partial charge < -0.3 is 5.73 Å². The Balaban J connectivity index is 2.17. The molecule has 0 aliphatic heterocycles. The molecule has 22 heavy (non-hydrogen) atoms. The van der Waals surface area contributed by atoms with Crippen LogP contribution in [0.2, 0.25) is 10.0 Å². The van der Waals surface area contributed by atoms with Crippen molar-refractivity contribution in [2.45, 2.75) is 6.92 Å².